The van der Waals surface area contributed by atoms with Crippen molar-refractivity contribution in [2.24, 2.45) is 0 Å². The third-order valence-electron chi connectivity index (χ3n) is 1.63. The van der Waals surface area contributed by atoms with Gasteiger partial charge in [-0.05, 0) is 13.8 Å². The van der Waals surface area contributed by atoms with Crippen LogP contribution in [0.25, 0.3) is 0 Å². The number of nitrogens with zero attached hydrogens (tertiary/aromatic N) is 2. The van der Waals surface area contributed by atoms with Gasteiger partial charge in [0.05, 0.1) is 17.5 Å². The topological polar surface area (TPSA) is 34.9 Å². The van der Waals surface area contributed by atoms with E-state index in [1.54, 1.807) is 0 Å². The summed E-state index contributed by atoms with van der Waals surface area (Å²) in [4.78, 5) is 10.8. The molecule has 1 aromatic rings. The maximum absolute atomic E-state index is 12.1. The van der Waals surface area contributed by atoms with E-state index in [1.165, 1.54) is 13.8 Å². The molecular formula is C7H7F3N2O. The van der Waals surface area contributed by atoms with Crippen LogP contribution in [0.3, 0.4) is 0 Å². The van der Waals surface area contributed by atoms with Crippen LogP contribution >= 0.6 is 0 Å². The number of carbonyl (C=O) groups excluding carboxylic acids is 1. The lowest BCUT2D eigenvalue weighted by atomic mass is 10.2. The SMILES string of the molecule is CC(=O)c1cnn(C(F)(F)F)c1C. The van der Waals surface area contributed by atoms with E-state index in [4.69, 9.17) is 0 Å². The van der Waals surface area contributed by atoms with Crippen molar-refractivity contribution >= 4 is 5.78 Å². The van der Waals surface area contributed by atoms with E-state index in [-0.39, 0.29) is 15.9 Å². The van der Waals surface area contributed by atoms with Crippen molar-refractivity contribution in [2.75, 3.05) is 0 Å². The van der Waals surface area contributed by atoms with Crippen molar-refractivity contribution in [1.29, 1.82) is 0 Å². The number of ketones is 1. The van der Waals surface area contributed by atoms with Gasteiger partial charge in [-0.2, -0.15) is 9.78 Å². The summed E-state index contributed by atoms with van der Waals surface area (Å²) < 4.78 is 36.2. The highest BCUT2D eigenvalue weighted by atomic mass is 19.4. The summed E-state index contributed by atoms with van der Waals surface area (Å²) in [6.45, 7) is 2.40. The second kappa shape index (κ2) is 2.86. The Hall–Kier alpha value is -1.33. The van der Waals surface area contributed by atoms with Crippen molar-refractivity contribution in [1.82, 2.24) is 9.78 Å². The van der Waals surface area contributed by atoms with E-state index < -0.39 is 12.1 Å². The molecule has 0 saturated heterocycles. The van der Waals surface area contributed by atoms with Gasteiger partial charge < -0.3 is 0 Å². The number of aromatic nitrogens is 2. The van der Waals surface area contributed by atoms with Gasteiger partial charge in [-0.1, -0.05) is 0 Å². The van der Waals surface area contributed by atoms with Crippen molar-refractivity contribution in [3.63, 3.8) is 0 Å². The molecule has 0 aliphatic rings. The molecule has 0 amide bonds. The molecule has 1 heterocycles. The molecule has 1 aromatic heterocycles. The van der Waals surface area contributed by atoms with Gasteiger partial charge in [0.25, 0.3) is 0 Å². The number of hydrogen-bond donors (Lipinski definition) is 0. The highest BCUT2D eigenvalue weighted by molar-refractivity contribution is 5.94. The Balaban J connectivity index is 3.22. The summed E-state index contributed by atoms with van der Waals surface area (Å²) in [5, 5.41) is 3.08. The molecule has 0 aromatic carbocycles. The minimum absolute atomic E-state index is 0.00248. The summed E-state index contributed by atoms with van der Waals surface area (Å²) in [5.41, 5.74) is -0.183. The number of alkyl halides is 3. The van der Waals surface area contributed by atoms with E-state index in [0.29, 0.717) is 0 Å². The summed E-state index contributed by atoms with van der Waals surface area (Å²) in [7, 11) is 0. The minimum Gasteiger partial charge on any atom is -0.294 e. The van der Waals surface area contributed by atoms with Gasteiger partial charge in [0.2, 0.25) is 0 Å². The van der Waals surface area contributed by atoms with Crippen molar-refractivity contribution in [2.45, 2.75) is 20.1 Å². The molecule has 0 N–H and O–H groups in total. The Bertz CT molecular complexity index is 340. The molecule has 3 nitrogen and oxygen atoms in total. The lowest BCUT2D eigenvalue weighted by molar-refractivity contribution is -0.213. The van der Waals surface area contributed by atoms with E-state index in [1.807, 2.05) is 0 Å². The van der Waals surface area contributed by atoms with Crippen molar-refractivity contribution in [3.8, 4) is 0 Å². The van der Waals surface area contributed by atoms with Crippen LogP contribution in [-0.2, 0) is 6.30 Å². The van der Waals surface area contributed by atoms with Crippen LogP contribution in [0.4, 0.5) is 13.2 Å². The Morgan fingerprint density at radius 1 is 1.54 bits per heavy atom. The Kier molecular flexibility index (Phi) is 2.15. The quantitative estimate of drug-likeness (QED) is 0.636. The van der Waals surface area contributed by atoms with Crippen LogP contribution in [-0.4, -0.2) is 15.6 Å². The largest absolute Gasteiger partial charge is 0.504 e. The van der Waals surface area contributed by atoms with Gasteiger partial charge in [0.15, 0.2) is 5.78 Å². The van der Waals surface area contributed by atoms with Crippen LogP contribution in [0, 0.1) is 6.92 Å². The molecule has 0 atom stereocenters. The molecule has 72 valence electrons. The van der Waals surface area contributed by atoms with Crippen molar-refractivity contribution < 1.29 is 18.0 Å². The number of halogens is 3. The maximum atomic E-state index is 12.1. The standard InChI is InChI=1S/C7H7F3N2O/c1-4-6(5(2)13)3-11-12(4)7(8,9)10/h3H,1-2H3. The number of hydrogen-bond acceptors (Lipinski definition) is 2. The highest BCUT2D eigenvalue weighted by Crippen LogP contribution is 2.24. The van der Waals surface area contributed by atoms with Gasteiger partial charge in [-0.3, -0.25) is 4.79 Å². The first-order valence-corrected chi connectivity index (χ1v) is 3.47. The van der Waals surface area contributed by atoms with Gasteiger partial charge in [-0.15, -0.1) is 13.2 Å². The highest BCUT2D eigenvalue weighted by Gasteiger charge is 2.34. The molecule has 0 fully saturated rings. The molecule has 0 radical (unpaired) electrons. The van der Waals surface area contributed by atoms with Gasteiger partial charge in [0.1, 0.15) is 0 Å². The van der Waals surface area contributed by atoms with Gasteiger partial charge in [-0.25, -0.2) is 0 Å². The first kappa shape index (κ1) is 9.76. The molecule has 1 rings (SSSR count). The van der Waals surface area contributed by atoms with Crippen LogP contribution in [0.5, 0.6) is 0 Å². The number of Topliss-reactive ketones (excluding diaryl/α,β-unsaturated/α-hetero) is 1. The Morgan fingerprint density at radius 2 is 2.08 bits per heavy atom. The fourth-order valence-corrected chi connectivity index (χ4v) is 1.01. The average Bonchev–Trinajstić information content (AvgIpc) is 2.28. The lowest BCUT2D eigenvalue weighted by Crippen LogP contribution is -2.19. The molecule has 0 saturated carbocycles. The molecule has 0 bridgehead atoms. The van der Waals surface area contributed by atoms with E-state index in [2.05, 4.69) is 5.10 Å². The second-order valence-corrected chi connectivity index (χ2v) is 2.58. The van der Waals surface area contributed by atoms with E-state index in [0.717, 1.165) is 6.20 Å². The minimum atomic E-state index is -4.56. The fraction of sp³-hybridized carbons (Fsp3) is 0.429. The van der Waals surface area contributed by atoms with Crippen LogP contribution < -0.4 is 0 Å². The summed E-state index contributed by atoms with van der Waals surface area (Å²) in [6.07, 6.45) is -3.64. The average molecular weight is 192 g/mol. The van der Waals surface area contributed by atoms with Crippen LogP contribution in [0.15, 0.2) is 6.20 Å². The second-order valence-electron chi connectivity index (χ2n) is 2.58. The third-order valence-corrected chi connectivity index (χ3v) is 1.63. The molecule has 0 unspecified atom stereocenters. The zero-order valence-corrected chi connectivity index (χ0v) is 7.01. The summed E-state index contributed by atoms with van der Waals surface area (Å²) >= 11 is 0. The third kappa shape index (κ3) is 1.71. The molecule has 0 aliphatic heterocycles. The zero-order valence-electron chi connectivity index (χ0n) is 7.01. The van der Waals surface area contributed by atoms with E-state index in [9.17, 15) is 18.0 Å². The number of carbonyl (C=O) groups is 1. The molecule has 0 spiro atoms. The van der Waals surface area contributed by atoms with Crippen molar-refractivity contribution in [3.05, 3.63) is 17.5 Å². The monoisotopic (exact) mass is 192 g/mol. The Morgan fingerprint density at radius 3 is 2.31 bits per heavy atom. The molecule has 13 heavy (non-hydrogen) atoms. The first-order chi connectivity index (χ1) is 5.84. The first-order valence-electron chi connectivity index (χ1n) is 3.47. The van der Waals surface area contributed by atoms with Crippen LogP contribution in [0.1, 0.15) is 23.0 Å². The van der Waals surface area contributed by atoms with Crippen LogP contribution in [0.2, 0.25) is 0 Å². The molecule has 6 heteroatoms. The van der Waals surface area contributed by atoms with Gasteiger partial charge >= 0.3 is 6.30 Å². The predicted molar refractivity (Wildman–Crippen MR) is 38.3 cm³/mol. The molecular weight excluding hydrogens is 185 g/mol. The normalized spacial score (nSPS) is 11.8. The summed E-state index contributed by atoms with van der Waals surface area (Å²) in [5.74, 6) is -0.423. The fourth-order valence-electron chi connectivity index (χ4n) is 1.01. The summed E-state index contributed by atoms with van der Waals surface area (Å²) in [6, 6.07) is 0. The van der Waals surface area contributed by atoms with E-state index >= 15 is 0 Å². The lowest BCUT2D eigenvalue weighted by Gasteiger charge is -2.07. The number of rotatable bonds is 1. The smallest absolute Gasteiger partial charge is 0.294 e. The predicted octanol–water partition coefficient (Wildman–Crippen LogP) is 1.87. The maximum Gasteiger partial charge on any atom is 0.504 e. The zero-order chi connectivity index (χ0) is 10.2. The molecule has 0 aliphatic carbocycles. The van der Waals surface area contributed by atoms with Gasteiger partial charge in [0, 0.05) is 0 Å². The Labute approximate surface area is 72.2 Å².